The summed E-state index contributed by atoms with van der Waals surface area (Å²) in [6, 6.07) is 21.9. The summed E-state index contributed by atoms with van der Waals surface area (Å²) in [6.45, 7) is 9.28. The second-order valence-electron chi connectivity index (χ2n) is 10.2. The average Bonchev–Trinajstić information content (AvgIpc) is 3.12. The lowest BCUT2D eigenvalue weighted by Crippen LogP contribution is -2.32. The number of carbonyl (C=O) groups is 1. The van der Waals surface area contributed by atoms with Crippen LogP contribution in [0.15, 0.2) is 60.7 Å². The molecule has 2 heterocycles. The molecule has 0 unspecified atom stereocenters. The molecule has 1 aliphatic heterocycles. The maximum absolute atomic E-state index is 12.1. The lowest BCUT2D eigenvalue weighted by Gasteiger charge is -2.32. The number of nitrogens with one attached hydrogen (secondary N) is 1. The molecule has 1 fully saturated rings. The van der Waals surface area contributed by atoms with Crippen LogP contribution in [0, 0.1) is 12.8 Å². The molecule has 4 aromatic rings. The fraction of sp³-hybridized carbons (Fsp3) is 0.367. The third-order valence-electron chi connectivity index (χ3n) is 7.39. The van der Waals surface area contributed by atoms with Crippen LogP contribution in [-0.4, -0.2) is 28.5 Å². The van der Waals surface area contributed by atoms with Gasteiger partial charge in [-0.05, 0) is 79.7 Å². The van der Waals surface area contributed by atoms with E-state index in [1.807, 2.05) is 19.9 Å². The topological polar surface area (TPSA) is 37.3 Å². The molecule has 176 valence electrons. The van der Waals surface area contributed by atoms with E-state index in [1.165, 1.54) is 38.5 Å². The Labute approximate surface area is 202 Å². The largest absolute Gasteiger partial charge is 0.343 e. The number of rotatable bonds is 5. The summed E-state index contributed by atoms with van der Waals surface area (Å²) >= 11 is 0. The van der Waals surface area contributed by atoms with E-state index < -0.39 is 0 Å². The van der Waals surface area contributed by atoms with Gasteiger partial charge >= 0.3 is 0 Å². The Balaban J connectivity index is 1.28. The summed E-state index contributed by atoms with van der Waals surface area (Å²) in [4.78, 5) is 14.7. The Kier molecular flexibility index (Phi) is 6.18. The van der Waals surface area contributed by atoms with Crippen molar-refractivity contribution in [2.24, 2.45) is 13.0 Å². The maximum atomic E-state index is 12.1. The first-order chi connectivity index (χ1) is 16.4. The van der Waals surface area contributed by atoms with Gasteiger partial charge in [0.1, 0.15) is 0 Å². The van der Waals surface area contributed by atoms with E-state index in [2.05, 4.69) is 83.4 Å². The Bertz CT molecular complexity index is 1340. The number of carbonyl (C=O) groups excluding carboxylic acids is 1. The molecule has 0 radical (unpaired) electrons. The van der Waals surface area contributed by atoms with Gasteiger partial charge in [0.05, 0.1) is 5.52 Å². The van der Waals surface area contributed by atoms with E-state index in [-0.39, 0.29) is 11.8 Å². The Morgan fingerprint density at radius 3 is 2.53 bits per heavy atom. The summed E-state index contributed by atoms with van der Waals surface area (Å²) in [6.07, 6.45) is 2.30. The number of benzene rings is 3. The molecule has 1 aliphatic rings. The molecule has 3 aromatic carbocycles. The fourth-order valence-corrected chi connectivity index (χ4v) is 5.55. The molecular formula is C30H35N3O. The lowest BCUT2D eigenvalue weighted by atomic mass is 9.89. The van der Waals surface area contributed by atoms with Gasteiger partial charge in [-0.3, -0.25) is 9.69 Å². The zero-order valence-electron chi connectivity index (χ0n) is 20.8. The molecule has 1 amide bonds. The smallest absolute Gasteiger partial charge is 0.226 e. The molecule has 34 heavy (non-hydrogen) atoms. The summed E-state index contributed by atoms with van der Waals surface area (Å²) in [5, 5.41) is 5.75. The summed E-state index contributed by atoms with van der Waals surface area (Å²) in [5.41, 5.74) is 7.64. The number of nitrogens with zero attached hydrogens (tertiary/aromatic N) is 2. The van der Waals surface area contributed by atoms with Crippen LogP contribution in [0.3, 0.4) is 0 Å². The first-order valence-corrected chi connectivity index (χ1v) is 12.5. The molecule has 1 N–H and O–H groups in total. The fourth-order valence-electron chi connectivity index (χ4n) is 5.55. The minimum absolute atomic E-state index is 0.0105. The number of amides is 1. The van der Waals surface area contributed by atoms with Gasteiger partial charge in [-0.25, -0.2) is 0 Å². The Hall–Kier alpha value is -3.11. The third-order valence-corrected chi connectivity index (χ3v) is 7.39. The number of para-hydroxylation sites is 1. The number of hydrogen-bond acceptors (Lipinski definition) is 2. The first kappa shape index (κ1) is 22.7. The molecule has 4 heteroatoms. The lowest BCUT2D eigenvalue weighted by molar-refractivity contribution is -0.118. The first-order valence-electron chi connectivity index (χ1n) is 12.5. The van der Waals surface area contributed by atoms with Crippen LogP contribution in [0.5, 0.6) is 0 Å². The van der Waals surface area contributed by atoms with Crippen molar-refractivity contribution in [3.63, 3.8) is 0 Å². The highest BCUT2D eigenvalue weighted by Gasteiger charge is 2.22. The van der Waals surface area contributed by atoms with Crippen molar-refractivity contribution in [1.82, 2.24) is 9.47 Å². The summed E-state index contributed by atoms with van der Waals surface area (Å²) < 4.78 is 2.33. The molecule has 0 spiro atoms. The SMILES string of the molecule is Cc1cc(CN2CCC(c3cccc(NC(=O)C(C)C)c3)CC2)cc2c3ccccc3n(C)c12. The quantitative estimate of drug-likeness (QED) is 0.369. The number of anilines is 1. The van der Waals surface area contributed by atoms with Crippen molar-refractivity contribution in [1.29, 1.82) is 0 Å². The van der Waals surface area contributed by atoms with Crippen LogP contribution in [-0.2, 0) is 18.4 Å². The predicted molar refractivity (Wildman–Crippen MR) is 142 cm³/mol. The minimum atomic E-state index is -0.0105. The molecule has 5 rings (SSSR count). The van der Waals surface area contributed by atoms with E-state index in [1.54, 1.807) is 0 Å². The van der Waals surface area contributed by atoms with E-state index in [9.17, 15) is 4.79 Å². The highest BCUT2D eigenvalue weighted by molar-refractivity contribution is 6.09. The molecule has 1 saturated heterocycles. The van der Waals surface area contributed by atoms with Gasteiger partial charge in [-0.1, -0.05) is 50.2 Å². The minimum Gasteiger partial charge on any atom is -0.343 e. The molecule has 0 atom stereocenters. The Morgan fingerprint density at radius 2 is 1.76 bits per heavy atom. The maximum Gasteiger partial charge on any atom is 0.226 e. The van der Waals surface area contributed by atoms with Crippen LogP contribution in [0.2, 0.25) is 0 Å². The molecular weight excluding hydrogens is 418 g/mol. The van der Waals surface area contributed by atoms with Gasteiger partial charge < -0.3 is 9.88 Å². The van der Waals surface area contributed by atoms with Gasteiger partial charge in [-0.2, -0.15) is 0 Å². The van der Waals surface area contributed by atoms with E-state index in [0.717, 1.165) is 38.2 Å². The van der Waals surface area contributed by atoms with Crippen molar-refractivity contribution in [3.05, 3.63) is 77.4 Å². The molecule has 0 saturated carbocycles. The Morgan fingerprint density at radius 1 is 1.00 bits per heavy atom. The van der Waals surface area contributed by atoms with Crippen molar-refractivity contribution in [2.45, 2.75) is 46.1 Å². The van der Waals surface area contributed by atoms with Crippen molar-refractivity contribution in [3.8, 4) is 0 Å². The highest BCUT2D eigenvalue weighted by Crippen LogP contribution is 2.33. The van der Waals surface area contributed by atoms with Crippen molar-refractivity contribution in [2.75, 3.05) is 18.4 Å². The summed E-state index contributed by atoms with van der Waals surface area (Å²) in [7, 11) is 2.17. The van der Waals surface area contributed by atoms with E-state index >= 15 is 0 Å². The number of aromatic nitrogens is 1. The third kappa shape index (κ3) is 4.35. The van der Waals surface area contributed by atoms with Gasteiger partial charge in [0, 0.05) is 41.5 Å². The van der Waals surface area contributed by atoms with Crippen LogP contribution in [0.4, 0.5) is 5.69 Å². The number of fused-ring (bicyclic) bond motifs is 3. The number of likely N-dealkylation sites (tertiary alicyclic amines) is 1. The van der Waals surface area contributed by atoms with Gasteiger partial charge in [0.15, 0.2) is 0 Å². The average molecular weight is 454 g/mol. The molecule has 1 aromatic heterocycles. The standard InChI is InChI=1S/C30H35N3O/c1-20(2)30(34)31-25-9-7-8-24(18-25)23-12-14-33(15-13-23)19-22-16-21(3)29-27(17-22)26-10-5-6-11-28(26)32(29)4/h5-11,16-18,20,23H,12-15,19H2,1-4H3,(H,31,34). The zero-order chi connectivity index (χ0) is 23.8. The predicted octanol–water partition coefficient (Wildman–Crippen LogP) is 6.61. The van der Waals surface area contributed by atoms with Crippen molar-refractivity contribution < 1.29 is 4.79 Å². The van der Waals surface area contributed by atoms with E-state index in [4.69, 9.17) is 0 Å². The monoisotopic (exact) mass is 453 g/mol. The highest BCUT2D eigenvalue weighted by atomic mass is 16.1. The normalized spacial score (nSPS) is 15.4. The van der Waals surface area contributed by atoms with Crippen LogP contribution in [0.1, 0.15) is 49.3 Å². The molecule has 0 aliphatic carbocycles. The number of aryl methyl sites for hydroxylation is 2. The van der Waals surface area contributed by atoms with Crippen LogP contribution in [0.25, 0.3) is 21.8 Å². The van der Waals surface area contributed by atoms with Gasteiger partial charge in [0.2, 0.25) is 5.91 Å². The summed E-state index contributed by atoms with van der Waals surface area (Å²) in [5.74, 6) is 0.614. The van der Waals surface area contributed by atoms with Crippen molar-refractivity contribution >= 4 is 33.4 Å². The second kappa shape index (κ2) is 9.27. The van der Waals surface area contributed by atoms with Gasteiger partial charge in [0.25, 0.3) is 0 Å². The van der Waals surface area contributed by atoms with Crippen LogP contribution >= 0.6 is 0 Å². The second-order valence-corrected chi connectivity index (χ2v) is 10.2. The zero-order valence-corrected chi connectivity index (χ0v) is 20.8. The van der Waals surface area contributed by atoms with Crippen LogP contribution < -0.4 is 5.32 Å². The molecule has 4 nitrogen and oxygen atoms in total. The van der Waals surface area contributed by atoms with E-state index in [0.29, 0.717) is 5.92 Å². The van der Waals surface area contributed by atoms with Gasteiger partial charge in [-0.15, -0.1) is 0 Å². The number of hydrogen-bond donors (Lipinski definition) is 1. The molecule has 0 bridgehead atoms. The number of piperidine rings is 1.